The van der Waals surface area contributed by atoms with Crippen LogP contribution in [-0.4, -0.2) is 102 Å². The molecule has 2 atom stereocenters. The zero-order valence-corrected chi connectivity index (χ0v) is 32.3. The molecule has 2 saturated heterocycles. The van der Waals surface area contributed by atoms with E-state index in [9.17, 15) is 32.7 Å². The van der Waals surface area contributed by atoms with E-state index in [2.05, 4.69) is 42.8 Å². The molecule has 1 aromatic carbocycles. The van der Waals surface area contributed by atoms with Gasteiger partial charge in [0.1, 0.15) is 12.1 Å². The number of hydrazine groups is 1. The van der Waals surface area contributed by atoms with E-state index in [1.165, 1.54) is 106 Å². The Hall–Kier alpha value is -3.47. The molecule has 0 aliphatic carbocycles. The first kappa shape index (κ1) is 43.7. The van der Waals surface area contributed by atoms with Crippen molar-refractivity contribution in [3.8, 4) is 0 Å². The number of carboxylic acid groups (broad SMARTS) is 1. The molecule has 51 heavy (non-hydrogen) atoms. The number of benzene rings is 1. The smallest absolute Gasteiger partial charge is 0.418 e. The molecule has 0 spiro atoms. The Bertz CT molecular complexity index is 1360. The van der Waals surface area contributed by atoms with Crippen molar-refractivity contribution in [2.45, 2.75) is 130 Å². The molecule has 2 aliphatic rings. The van der Waals surface area contributed by atoms with Crippen molar-refractivity contribution in [3.05, 3.63) is 29.8 Å². The number of rotatable bonds is 17. The number of fused-ring (bicyclic) bond motifs is 2. The van der Waals surface area contributed by atoms with Crippen molar-refractivity contribution in [3.63, 3.8) is 0 Å². The average Bonchev–Trinajstić information content (AvgIpc) is 3.29. The van der Waals surface area contributed by atoms with Gasteiger partial charge < -0.3 is 24.2 Å². The van der Waals surface area contributed by atoms with Gasteiger partial charge in [0.2, 0.25) is 0 Å². The zero-order valence-electron chi connectivity index (χ0n) is 31.5. The van der Waals surface area contributed by atoms with Gasteiger partial charge in [0, 0.05) is 23.3 Å². The topological polar surface area (TPSA) is 189 Å². The van der Waals surface area contributed by atoms with E-state index >= 15 is 0 Å². The second-order valence-electron chi connectivity index (χ2n) is 14.4. The SMILES string of the molecule is CC(C)(C)N(C(=O)[O-])c1ccc(C(=O)NNC(=O)[C@@H]2CC[C@@H]3CN2C(=O)N3OS(=O)(=O)O)cc1.CCCC[N+](CCCC)(CCCC)CCCC. The Kier molecular flexibility index (Phi) is 17.1. The lowest BCUT2D eigenvalue weighted by molar-refractivity contribution is -0.929. The van der Waals surface area contributed by atoms with Gasteiger partial charge in [0.15, 0.2) is 0 Å². The van der Waals surface area contributed by atoms with Gasteiger partial charge in [-0.2, -0.15) is 13.5 Å². The van der Waals surface area contributed by atoms with Crippen LogP contribution in [0.5, 0.6) is 0 Å². The Morgan fingerprint density at radius 1 is 0.902 bits per heavy atom. The van der Waals surface area contributed by atoms with Crippen LogP contribution in [-0.2, 0) is 19.5 Å². The monoisotopic (exact) mass is 740 g/mol. The van der Waals surface area contributed by atoms with Crippen LogP contribution in [0.25, 0.3) is 0 Å². The molecule has 290 valence electrons. The van der Waals surface area contributed by atoms with Crippen LogP contribution in [0.2, 0.25) is 0 Å². The van der Waals surface area contributed by atoms with E-state index in [4.69, 9.17) is 4.55 Å². The minimum Gasteiger partial charge on any atom is -0.530 e. The van der Waals surface area contributed by atoms with Gasteiger partial charge in [-0.25, -0.2) is 4.79 Å². The number of hydroxylamine groups is 2. The second-order valence-corrected chi connectivity index (χ2v) is 15.4. The molecule has 1 aromatic rings. The van der Waals surface area contributed by atoms with Crippen LogP contribution in [0.4, 0.5) is 15.3 Å². The van der Waals surface area contributed by atoms with E-state index in [1.807, 2.05) is 0 Å². The van der Waals surface area contributed by atoms with Crippen molar-refractivity contribution in [2.24, 2.45) is 0 Å². The Morgan fingerprint density at radius 3 is 1.80 bits per heavy atom. The number of nitrogens with zero attached hydrogens (tertiary/aromatic N) is 4. The number of nitrogens with one attached hydrogen (secondary N) is 2. The molecule has 16 heteroatoms. The minimum atomic E-state index is -4.91. The molecular formula is C35H60N6O9S. The highest BCUT2D eigenvalue weighted by atomic mass is 32.3. The van der Waals surface area contributed by atoms with Crippen molar-refractivity contribution in [2.75, 3.05) is 37.6 Å². The lowest BCUT2D eigenvalue weighted by atomic mass is 10.0. The van der Waals surface area contributed by atoms with Crippen LogP contribution >= 0.6 is 0 Å². The molecular weight excluding hydrogens is 680 g/mol. The molecule has 15 nitrogen and oxygen atoms in total. The van der Waals surface area contributed by atoms with E-state index < -0.39 is 52.0 Å². The maximum absolute atomic E-state index is 12.6. The summed E-state index contributed by atoms with van der Waals surface area (Å²) in [5, 5.41) is 12.0. The average molecular weight is 741 g/mol. The molecule has 2 fully saturated rings. The fourth-order valence-electron chi connectivity index (χ4n) is 6.55. The van der Waals surface area contributed by atoms with Crippen molar-refractivity contribution >= 4 is 40.0 Å². The van der Waals surface area contributed by atoms with Gasteiger partial charge in [-0.3, -0.25) is 25.0 Å². The maximum Gasteiger partial charge on any atom is 0.418 e. The lowest BCUT2D eigenvalue weighted by Crippen LogP contribution is -2.54. The van der Waals surface area contributed by atoms with Crippen LogP contribution in [0.1, 0.15) is 123 Å². The molecule has 0 saturated carbocycles. The number of carbonyl (C=O) groups is 4. The maximum atomic E-state index is 12.6. The van der Waals surface area contributed by atoms with Crippen molar-refractivity contribution < 1.29 is 46.0 Å². The highest BCUT2D eigenvalue weighted by Crippen LogP contribution is 2.31. The van der Waals surface area contributed by atoms with Gasteiger partial charge in [-0.05, 0) is 83.6 Å². The molecule has 0 radical (unpaired) electrons. The number of amides is 5. The van der Waals surface area contributed by atoms with Crippen LogP contribution < -0.4 is 20.9 Å². The fourth-order valence-corrected chi connectivity index (χ4v) is 6.94. The van der Waals surface area contributed by atoms with E-state index in [-0.39, 0.29) is 24.9 Å². The minimum absolute atomic E-state index is 0.00452. The number of unbranched alkanes of at least 4 members (excludes halogenated alkanes) is 4. The number of hydrogen-bond acceptors (Lipinski definition) is 8. The molecule has 0 aromatic heterocycles. The third kappa shape index (κ3) is 13.2. The molecule has 2 aliphatic heterocycles. The largest absolute Gasteiger partial charge is 0.530 e. The van der Waals surface area contributed by atoms with E-state index in [0.29, 0.717) is 10.8 Å². The highest BCUT2D eigenvalue weighted by Gasteiger charge is 2.49. The first-order valence-electron chi connectivity index (χ1n) is 18.3. The summed E-state index contributed by atoms with van der Waals surface area (Å²) in [5.41, 5.74) is 4.10. The normalized spacial score (nSPS) is 17.5. The summed E-state index contributed by atoms with van der Waals surface area (Å²) in [6.45, 7) is 20.1. The summed E-state index contributed by atoms with van der Waals surface area (Å²) in [7, 11) is -4.91. The van der Waals surface area contributed by atoms with Gasteiger partial charge in [0.05, 0.1) is 32.2 Å². The summed E-state index contributed by atoms with van der Waals surface area (Å²) >= 11 is 0. The zero-order chi connectivity index (χ0) is 38.4. The molecule has 3 rings (SSSR count). The van der Waals surface area contributed by atoms with Gasteiger partial charge >= 0.3 is 16.4 Å². The van der Waals surface area contributed by atoms with Gasteiger partial charge in [-0.1, -0.05) is 53.4 Å². The number of piperidine rings is 1. The number of carbonyl (C=O) groups excluding carboxylic acids is 4. The van der Waals surface area contributed by atoms with Gasteiger partial charge in [-0.15, -0.1) is 4.28 Å². The molecule has 2 bridgehead atoms. The first-order valence-corrected chi connectivity index (χ1v) is 19.6. The molecule has 3 N–H and O–H groups in total. The summed E-state index contributed by atoms with van der Waals surface area (Å²) in [6.07, 6.45) is 10.1. The van der Waals surface area contributed by atoms with Crippen LogP contribution in [0, 0.1) is 0 Å². The first-order chi connectivity index (χ1) is 23.9. The summed E-state index contributed by atoms with van der Waals surface area (Å²) in [4.78, 5) is 50.9. The Balaban J connectivity index is 0.000000449. The predicted molar refractivity (Wildman–Crippen MR) is 192 cm³/mol. The fraction of sp³-hybridized carbons (Fsp3) is 0.714. The lowest BCUT2D eigenvalue weighted by Gasteiger charge is -2.39. The third-order valence-electron chi connectivity index (χ3n) is 9.28. The van der Waals surface area contributed by atoms with Crippen LogP contribution in [0.15, 0.2) is 24.3 Å². The Labute approximate surface area is 304 Å². The Morgan fingerprint density at radius 2 is 1.39 bits per heavy atom. The van der Waals surface area contributed by atoms with Crippen molar-refractivity contribution in [1.29, 1.82) is 0 Å². The summed E-state index contributed by atoms with van der Waals surface area (Å²) in [5.74, 6) is -1.39. The van der Waals surface area contributed by atoms with Crippen LogP contribution in [0.3, 0.4) is 0 Å². The molecule has 5 amide bonds. The predicted octanol–water partition coefficient (Wildman–Crippen LogP) is 4.40. The number of anilines is 1. The quantitative estimate of drug-likeness (QED) is 0.118. The number of quaternary nitrogens is 1. The van der Waals surface area contributed by atoms with Gasteiger partial charge in [0.25, 0.3) is 11.8 Å². The highest BCUT2D eigenvalue weighted by molar-refractivity contribution is 7.80. The standard InChI is InChI=1S/C19H25N5O9S.C16H36N/c1-19(2,3)23(18(28)29)12-6-4-11(5-7-12)15(25)20-21-16(26)14-9-8-13-10-22(14)17(27)24(13)33-34(30,31)32;1-5-9-13-17(14-10-6-2,15-11-7-3)16-12-8-4/h4-7,13-14H,8-10H2,1-3H3,(H,20,25)(H,21,26)(H,28,29)(H,30,31,32);5-16H2,1-4H3/q;+1/p-1/t13-,14+;/m1./s1. The molecule has 2 heterocycles. The number of hydrogen-bond donors (Lipinski definition) is 3. The summed E-state index contributed by atoms with van der Waals surface area (Å²) in [6, 6.07) is 3.04. The summed E-state index contributed by atoms with van der Waals surface area (Å²) < 4.78 is 36.4. The van der Waals surface area contributed by atoms with Crippen molar-refractivity contribution in [1.82, 2.24) is 20.8 Å². The van der Waals surface area contributed by atoms with E-state index in [0.717, 1.165) is 9.80 Å². The second kappa shape index (κ2) is 20.0. The third-order valence-corrected chi connectivity index (χ3v) is 9.63. The molecule has 0 unspecified atom stereocenters. The number of urea groups is 1. The van der Waals surface area contributed by atoms with E-state index in [1.54, 1.807) is 20.8 Å².